The predicted octanol–water partition coefficient (Wildman–Crippen LogP) is 23.9. The highest BCUT2D eigenvalue weighted by Crippen LogP contribution is 2.39. The topological polar surface area (TPSA) is 230 Å². The molecule has 5 rings (SSSR count). The SMILES string of the molecule is CCCCCCCCCCCCOc1cc(/C(C#N)=C/c2ccc(CO)o2)c(OCCCCCCCCCCCC)cc1/C(C#N)=C/c1ccc(CO)o1.O=Cc1ccc(CO)o1.[C-]#[N+]Cc1cc(OCCCCCCCCCCCC)c(CC#N)cc1OCCCCCCCCCCCC. The Balaban J connectivity index is 0.000000487. The molecule has 0 aliphatic heterocycles. The van der Waals surface area contributed by atoms with Crippen molar-refractivity contribution in [3.05, 3.63) is 129 Å². The second kappa shape index (κ2) is 60.1. The third kappa shape index (κ3) is 40.0. The number of carbonyl (C=O) groups is 1. The standard InChI is InChI=1S/C46H64N2O6.C34H56N2O2.C6H6O3/c1-3-5-7-9-11-13-15-17-19-21-27-51-45-31-44(38(34-48)30-40-24-26-42(36-50)54-40)46(52-28-22-20-18-16-14-12-10-8-6-4-2)32-43(45)37(33-47)29-39-23-25-41(35-49)53-39;1-4-6-8-10-12-14-16-18-20-22-26-37-33-29-32(30-36-3)34(28-31(33)24-25-35)38-27-23-21-19-17-15-13-11-9-7-5-2;7-3-5-1-2-6(4-8)9-5/h23-26,29-32,49-50H,3-22,27-28,35-36H2,1-2H3;28-29H,4-24,26-27,30H2,1-2H3;1-3,8H,4H2/b37-29+,38-30+;;. The number of nitrogens with zero attached hydrogens (tertiary/aromatic N) is 4. The summed E-state index contributed by atoms with van der Waals surface area (Å²) in [5, 5.41) is 57.7. The number of furan rings is 3. The fraction of sp³-hybridized carbons (Fsp3) is 0.616. The van der Waals surface area contributed by atoms with Gasteiger partial charge in [0.2, 0.25) is 6.54 Å². The van der Waals surface area contributed by atoms with E-state index in [2.05, 4.69) is 50.7 Å². The Morgan fingerprint density at radius 2 is 0.673 bits per heavy atom. The zero-order valence-corrected chi connectivity index (χ0v) is 62.6. The minimum atomic E-state index is -0.243. The van der Waals surface area contributed by atoms with Gasteiger partial charge in [0.15, 0.2) is 12.0 Å². The summed E-state index contributed by atoms with van der Waals surface area (Å²) in [7, 11) is 0. The summed E-state index contributed by atoms with van der Waals surface area (Å²) in [5.74, 6) is 4.75. The molecule has 3 aromatic heterocycles. The first kappa shape index (κ1) is 87.7. The van der Waals surface area contributed by atoms with Crippen LogP contribution in [0.2, 0.25) is 0 Å². The van der Waals surface area contributed by atoms with Crippen molar-refractivity contribution in [2.75, 3.05) is 26.4 Å². The minimum Gasteiger partial charge on any atom is -0.493 e. The van der Waals surface area contributed by atoms with Crippen molar-refractivity contribution in [3.8, 4) is 41.2 Å². The molecule has 556 valence electrons. The van der Waals surface area contributed by atoms with Crippen LogP contribution in [-0.4, -0.2) is 48.0 Å². The number of aliphatic hydroxyl groups excluding tert-OH is 3. The lowest BCUT2D eigenvalue weighted by Gasteiger charge is -2.17. The highest BCUT2D eigenvalue weighted by atomic mass is 16.5. The molecule has 0 amide bonds. The van der Waals surface area contributed by atoms with Gasteiger partial charge in [-0.05, 0) is 98.5 Å². The fourth-order valence-corrected chi connectivity index (χ4v) is 11.9. The number of hydrogen-bond acceptors (Lipinski definition) is 14. The number of aldehydes is 1. The molecule has 101 heavy (non-hydrogen) atoms. The molecular weight excluding hydrogens is 1260 g/mol. The fourth-order valence-electron chi connectivity index (χ4n) is 11.9. The molecule has 0 atom stereocenters. The summed E-state index contributed by atoms with van der Waals surface area (Å²) in [6.07, 6.45) is 54.1. The van der Waals surface area contributed by atoms with E-state index in [0.29, 0.717) is 102 Å². The first-order chi connectivity index (χ1) is 49.7. The summed E-state index contributed by atoms with van der Waals surface area (Å²) in [5.41, 5.74) is 3.42. The number of carbonyl (C=O) groups excluding carboxylic acids is 1. The first-order valence-corrected chi connectivity index (χ1v) is 39.0. The summed E-state index contributed by atoms with van der Waals surface area (Å²) in [6.45, 7) is 18.2. The lowest BCUT2D eigenvalue weighted by molar-refractivity contribution is 0.109. The van der Waals surface area contributed by atoms with Gasteiger partial charge in [-0.3, -0.25) is 4.79 Å². The van der Waals surface area contributed by atoms with Gasteiger partial charge in [-0.25, -0.2) is 6.57 Å². The van der Waals surface area contributed by atoms with E-state index in [-0.39, 0.29) is 32.1 Å². The van der Waals surface area contributed by atoms with Crippen LogP contribution in [0, 0.1) is 40.6 Å². The lowest BCUT2D eigenvalue weighted by Crippen LogP contribution is -2.05. The van der Waals surface area contributed by atoms with Crippen LogP contribution in [0.4, 0.5) is 0 Å². The van der Waals surface area contributed by atoms with Crippen LogP contribution in [-0.2, 0) is 32.8 Å². The van der Waals surface area contributed by atoms with E-state index in [1.807, 2.05) is 12.1 Å². The molecular formula is C86H126N4O11. The Labute approximate surface area is 608 Å². The van der Waals surface area contributed by atoms with E-state index in [9.17, 15) is 30.8 Å². The molecule has 15 nitrogen and oxygen atoms in total. The van der Waals surface area contributed by atoms with Crippen molar-refractivity contribution in [1.82, 2.24) is 0 Å². The monoisotopic (exact) mass is 1390 g/mol. The van der Waals surface area contributed by atoms with Crippen molar-refractivity contribution in [2.24, 2.45) is 0 Å². The molecule has 15 heteroatoms. The van der Waals surface area contributed by atoms with Crippen LogP contribution in [0.15, 0.2) is 73.9 Å². The van der Waals surface area contributed by atoms with E-state index in [1.165, 1.54) is 212 Å². The molecule has 0 saturated carbocycles. The molecule has 3 heterocycles. The maximum atomic E-state index is 10.4. The molecule has 5 aromatic rings. The molecule has 0 aliphatic rings. The molecule has 0 fully saturated rings. The maximum Gasteiger partial charge on any atom is 0.243 e. The number of unbranched alkanes of at least 4 members (excludes halogenated alkanes) is 36. The Morgan fingerprint density at radius 1 is 0.396 bits per heavy atom. The zero-order chi connectivity index (χ0) is 72.9. The molecule has 0 unspecified atom stereocenters. The molecule has 0 radical (unpaired) electrons. The average molecular weight is 1390 g/mol. The number of rotatable bonds is 58. The Bertz CT molecular complexity index is 2970. The van der Waals surface area contributed by atoms with E-state index < -0.39 is 0 Å². The van der Waals surface area contributed by atoms with Gasteiger partial charge in [0.25, 0.3) is 0 Å². The van der Waals surface area contributed by atoms with E-state index in [1.54, 1.807) is 54.6 Å². The van der Waals surface area contributed by atoms with Gasteiger partial charge in [0.05, 0.1) is 55.6 Å². The van der Waals surface area contributed by atoms with E-state index >= 15 is 0 Å². The van der Waals surface area contributed by atoms with Crippen LogP contribution in [0.1, 0.15) is 346 Å². The number of ether oxygens (including phenoxy) is 4. The number of nitriles is 3. The zero-order valence-electron chi connectivity index (χ0n) is 62.6. The van der Waals surface area contributed by atoms with Crippen molar-refractivity contribution < 1.29 is 52.3 Å². The van der Waals surface area contributed by atoms with Gasteiger partial charge >= 0.3 is 0 Å². The molecule has 3 N–H and O–H groups in total. The maximum absolute atomic E-state index is 10.4. The van der Waals surface area contributed by atoms with Crippen molar-refractivity contribution in [1.29, 1.82) is 15.8 Å². The minimum absolute atomic E-state index is 0.159. The highest BCUT2D eigenvalue weighted by molar-refractivity contribution is 5.95. The van der Waals surface area contributed by atoms with Gasteiger partial charge < -0.3 is 52.4 Å². The third-order valence-electron chi connectivity index (χ3n) is 17.9. The van der Waals surface area contributed by atoms with Gasteiger partial charge in [0, 0.05) is 16.7 Å². The predicted molar refractivity (Wildman–Crippen MR) is 408 cm³/mol. The summed E-state index contributed by atoms with van der Waals surface area (Å²) < 4.78 is 41.2. The summed E-state index contributed by atoms with van der Waals surface area (Å²) >= 11 is 0. The van der Waals surface area contributed by atoms with E-state index in [0.717, 1.165) is 74.0 Å². The Kier molecular flexibility index (Phi) is 52.2. The number of hydrogen-bond donors (Lipinski definition) is 3. The van der Waals surface area contributed by atoms with Gasteiger partial charge in [-0.1, -0.05) is 259 Å². The van der Waals surface area contributed by atoms with Crippen LogP contribution in [0.25, 0.3) is 28.1 Å². The molecule has 0 spiro atoms. The highest BCUT2D eigenvalue weighted by Gasteiger charge is 2.21. The van der Waals surface area contributed by atoms with Crippen LogP contribution in [0.3, 0.4) is 0 Å². The molecule has 0 saturated heterocycles. The Hall–Kier alpha value is -7.53. The van der Waals surface area contributed by atoms with Crippen LogP contribution >= 0.6 is 0 Å². The van der Waals surface area contributed by atoms with Crippen LogP contribution < -0.4 is 18.9 Å². The molecule has 0 aliphatic carbocycles. The van der Waals surface area contributed by atoms with Crippen LogP contribution in [0.5, 0.6) is 23.0 Å². The van der Waals surface area contributed by atoms with E-state index in [4.69, 9.17) is 43.9 Å². The van der Waals surface area contributed by atoms with Gasteiger partial charge in [-0.2, -0.15) is 15.8 Å². The largest absolute Gasteiger partial charge is 0.493 e. The quantitative estimate of drug-likeness (QED) is 0.0142. The number of aliphatic hydroxyl groups is 3. The summed E-state index contributed by atoms with van der Waals surface area (Å²) in [4.78, 5) is 13.6. The summed E-state index contributed by atoms with van der Waals surface area (Å²) in [6, 6.07) is 24.2. The molecule has 2 aromatic carbocycles. The first-order valence-electron chi connectivity index (χ1n) is 39.0. The van der Waals surface area contributed by atoms with Crippen molar-refractivity contribution >= 4 is 29.6 Å². The van der Waals surface area contributed by atoms with Gasteiger partial charge in [-0.15, -0.1) is 0 Å². The van der Waals surface area contributed by atoms with Crippen molar-refractivity contribution in [3.63, 3.8) is 0 Å². The van der Waals surface area contributed by atoms with Gasteiger partial charge in [0.1, 0.15) is 83.8 Å². The third-order valence-corrected chi connectivity index (χ3v) is 17.9. The second-order valence-corrected chi connectivity index (χ2v) is 26.5. The smallest absolute Gasteiger partial charge is 0.243 e. The Morgan fingerprint density at radius 3 is 0.941 bits per heavy atom. The number of benzene rings is 2. The second-order valence-electron chi connectivity index (χ2n) is 26.5. The molecule has 0 bridgehead atoms. The normalized spacial score (nSPS) is 11.2. The average Bonchev–Trinajstić information content (AvgIpc) is 1.35. The lowest BCUT2D eigenvalue weighted by atomic mass is 9.97. The van der Waals surface area contributed by atoms with Crippen molar-refractivity contribution in [2.45, 2.75) is 317 Å². The number of allylic oxidation sites excluding steroid dienone is 2.